The molecule has 0 saturated heterocycles. The molecule has 0 aliphatic rings. The van der Waals surface area contributed by atoms with E-state index in [1.807, 2.05) is 78.9 Å². The highest BCUT2D eigenvalue weighted by molar-refractivity contribution is 6.13. The zero-order valence-electron chi connectivity index (χ0n) is 14.9. The van der Waals surface area contributed by atoms with Crippen LogP contribution in [0.4, 0.5) is 0 Å². The minimum Gasteiger partial charge on any atom is -0.294 e. The van der Waals surface area contributed by atoms with Gasteiger partial charge in [0.05, 0.1) is 6.42 Å². The van der Waals surface area contributed by atoms with Crippen LogP contribution in [0.2, 0.25) is 0 Å². The Balaban J connectivity index is 1.82. The molecule has 27 heavy (non-hydrogen) atoms. The van der Waals surface area contributed by atoms with E-state index < -0.39 is 0 Å². The van der Waals surface area contributed by atoms with Gasteiger partial charge in [-0.15, -0.1) is 0 Å². The van der Waals surface area contributed by atoms with E-state index in [9.17, 15) is 9.59 Å². The van der Waals surface area contributed by atoms with Crippen molar-refractivity contribution in [1.29, 1.82) is 0 Å². The van der Waals surface area contributed by atoms with Gasteiger partial charge in [0.1, 0.15) is 0 Å². The van der Waals surface area contributed by atoms with Gasteiger partial charge in [-0.3, -0.25) is 9.59 Å². The van der Waals surface area contributed by atoms with Crippen LogP contribution in [0.25, 0.3) is 11.6 Å². The molecule has 0 N–H and O–H groups in total. The Bertz CT molecular complexity index is 953. The zero-order valence-corrected chi connectivity index (χ0v) is 14.9. The van der Waals surface area contributed by atoms with Gasteiger partial charge in [-0.1, -0.05) is 103 Å². The molecule has 0 bridgehead atoms. The summed E-state index contributed by atoms with van der Waals surface area (Å²) in [5.74, 6) is -0.378. The molecule has 0 aliphatic carbocycles. The van der Waals surface area contributed by atoms with Crippen molar-refractivity contribution in [2.24, 2.45) is 0 Å². The maximum Gasteiger partial charge on any atom is 0.170 e. The first-order valence-electron chi connectivity index (χ1n) is 8.84. The van der Waals surface area contributed by atoms with Gasteiger partial charge in [0.25, 0.3) is 0 Å². The summed E-state index contributed by atoms with van der Waals surface area (Å²) in [4.78, 5) is 24.8. The third-order valence-electron chi connectivity index (χ3n) is 4.11. The number of carbonyl (C=O) groups excluding carboxylic acids is 2. The topological polar surface area (TPSA) is 34.1 Å². The second-order valence-electron chi connectivity index (χ2n) is 6.14. The average molecular weight is 352 g/mol. The fourth-order valence-electron chi connectivity index (χ4n) is 2.72. The van der Waals surface area contributed by atoms with Crippen molar-refractivity contribution in [3.63, 3.8) is 0 Å². The lowest BCUT2D eigenvalue weighted by Gasteiger charge is -2.04. The Morgan fingerprint density at radius 1 is 0.667 bits per heavy atom. The molecule has 0 unspecified atom stereocenters. The van der Waals surface area contributed by atoms with Crippen LogP contribution in [0.5, 0.6) is 0 Å². The quantitative estimate of drug-likeness (QED) is 0.239. The number of benzene rings is 3. The van der Waals surface area contributed by atoms with Crippen LogP contribution in [0.3, 0.4) is 0 Å². The highest BCUT2D eigenvalue weighted by Crippen LogP contribution is 2.18. The van der Waals surface area contributed by atoms with Gasteiger partial charge in [-0.2, -0.15) is 0 Å². The number of Topliss-reactive ketones (excluding diaryl/α,β-unsaturated/α-hetero) is 1. The summed E-state index contributed by atoms with van der Waals surface area (Å²) < 4.78 is 0. The van der Waals surface area contributed by atoms with Gasteiger partial charge in [0.15, 0.2) is 11.6 Å². The molecule has 0 saturated carbocycles. The van der Waals surface area contributed by atoms with Crippen molar-refractivity contribution < 1.29 is 9.59 Å². The van der Waals surface area contributed by atoms with Crippen LogP contribution in [0.15, 0.2) is 103 Å². The smallest absolute Gasteiger partial charge is 0.170 e. The van der Waals surface area contributed by atoms with E-state index in [-0.39, 0.29) is 18.0 Å². The average Bonchev–Trinajstić information content (AvgIpc) is 2.73. The largest absolute Gasteiger partial charge is 0.294 e. The van der Waals surface area contributed by atoms with Crippen LogP contribution in [0.1, 0.15) is 27.9 Å². The second-order valence-corrected chi connectivity index (χ2v) is 6.14. The normalized spacial score (nSPS) is 11.5. The predicted octanol–water partition coefficient (Wildman–Crippen LogP) is 5.63. The van der Waals surface area contributed by atoms with Gasteiger partial charge in [-0.25, -0.2) is 0 Å². The summed E-state index contributed by atoms with van der Waals surface area (Å²) in [6.45, 7) is 0. The first-order chi connectivity index (χ1) is 13.2. The van der Waals surface area contributed by atoms with Crippen LogP contribution in [-0.2, 0) is 4.79 Å². The van der Waals surface area contributed by atoms with Gasteiger partial charge < -0.3 is 0 Å². The Kier molecular flexibility index (Phi) is 6.26. The van der Waals surface area contributed by atoms with Crippen LogP contribution in [-0.4, -0.2) is 11.6 Å². The molecule has 0 aromatic heterocycles. The molecular weight excluding hydrogens is 332 g/mol. The van der Waals surface area contributed by atoms with E-state index in [0.717, 1.165) is 16.7 Å². The molecule has 0 aliphatic heterocycles. The van der Waals surface area contributed by atoms with E-state index >= 15 is 0 Å². The number of allylic oxidation sites excluding steroid dienone is 3. The molecule has 0 fully saturated rings. The summed E-state index contributed by atoms with van der Waals surface area (Å²) in [6, 6.07) is 28.5. The van der Waals surface area contributed by atoms with Gasteiger partial charge >= 0.3 is 0 Å². The maximum atomic E-state index is 12.5. The summed E-state index contributed by atoms with van der Waals surface area (Å²) in [7, 11) is 0. The molecule has 0 spiro atoms. The van der Waals surface area contributed by atoms with Crippen molar-refractivity contribution in [2.75, 3.05) is 0 Å². The summed E-state index contributed by atoms with van der Waals surface area (Å²) >= 11 is 0. The lowest BCUT2D eigenvalue weighted by Crippen LogP contribution is -2.06. The van der Waals surface area contributed by atoms with E-state index in [0.29, 0.717) is 5.56 Å². The van der Waals surface area contributed by atoms with Gasteiger partial charge in [0.2, 0.25) is 0 Å². The van der Waals surface area contributed by atoms with Crippen LogP contribution in [0, 0.1) is 0 Å². The van der Waals surface area contributed by atoms with Gasteiger partial charge in [0, 0.05) is 5.56 Å². The molecule has 0 atom stereocenters. The summed E-state index contributed by atoms with van der Waals surface area (Å²) in [5.41, 5.74) is 3.32. The molecule has 2 nitrogen and oxygen atoms in total. The molecule has 2 heteroatoms. The number of hydrogen-bond donors (Lipinski definition) is 0. The summed E-state index contributed by atoms with van der Waals surface area (Å²) in [6.07, 6.45) is 5.29. The Morgan fingerprint density at radius 2 is 1.19 bits per heavy atom. The third kappa shape index (κ3) is 5.48. The van der Waals surface area contributed by atoms with Crippen LogP contribution >= 0.6 is 0 Å². The Labute approximate surface area is 159 Å². The molecule has 0 amide bonds. The highest BCUT2D eigenvalue weighted by atomic mass is 16.1. The molecular formula is C25H20O2. The fourth-order valence-corrected chi connectivity index (χ4v) is 2.72. The minimum absolute atomic E-state index is 0.139. The maximum absolute atomic E-state index is 12.5. The van der Waals surface area contributed by atoms with Gasteiger partial charge in [-0.05, 0) is 22.8 Å². The van der Waals surface area contributed by atoms with E-state index in [1.54, 1.807) is 30.3 Å². The highest BCUT2D eigenvalue weighted by Gasteiger charge is 2.11. The van der Waals surface area contributed by atoms with E-state index in [4.69, 9.17) is 0 Å². The van der Waals surface area contributed by atoms with E-state index in [1.165, 1.54) is 0 Å². The number of ketones is 2. The standard InChI is InChI=1S/C25H20O2/c26-24(19-25(27)22-14-8-3-9-15-22)18-23(21-12-6-2-7-13-21)17-16-20-10-4-1-5-11-20/h1-18H,19H2/b17-16+,23-18?. The summed E-state index contributed by atoms with van der Waals surface area (Å²) in [5, 5.41) is 0. The molecule has 3 aromatic carbocycles. The Morgan fingerprint density at radius 3 is 1.78 bits per heavy atom. The number of carbonyl (C=O) groups is 2. The lowest BCUT2D eigenvalue weighted by atomic mass is 10.00. The van der Waals surface area contributed by atoms with Crippen molar-refractivity contribution in [2.45, 2.75) is 6.42 Å². The number of rotatable bonds is 7. The lowest BCUT2D eigenvalue weighted by molar-refractivity contribution is -0.113. The molecule has 132 valence electrons. The second kappa shape index (κ2) is 9.25. The SMILES string of the molecule is O=C(C=C(/C=C/c1ccccc1)c1ccccc1)CC(=O)c1ccccc1. The molecule has 3 rings (SSSR count). The monoisotopic (exact) mass is 352 g/mol. The fraction of sp³-hybridized carbons (Fsp3) is 0.0400. The predicted molar refractivity (Wildman–Crippen MR) is 110 cm³/mol. The van der Waals surface area contributed by atoms with Crippen LogP contribution < -0.4 is 0 Å². The third-order valence-corrected chi connectivity index (χ3v) is 4.11. The van der Waals surface area contributed by atoms with Crippen molar-refractivity contribution in [3.05, 3.63) is 120 Å². The first-order valence-corrected chi connectivity index (χ1v) is 8.84. The van der Waals surface area contributed by atoms with Crippen molar-refractivity contribution >= 4 is 23.2 Å². The molecule has 3 aromatic rings. The van der Waals surface area contributed by atoms with Crippen molar-refractivity contribution in [1.82, 2.24) is 0 Å². The first kappa shape index (κ1) is 18.3. The number of hydrogen-bond acceptors (Lipinski definition) is 2. The van der Waals surface area contributed by atoms with Crippen molar-refractivity contribution in [3.8, 4) is 0 Å². The zero-order chi connectivity index (χ0) is 18.9. The molecule has 0 radical (unpaired) electrons. The minimum atomic E-state index is -0.208. The Hall–Kier alpha value is -3.52. The molecule has 0 heterocycles. The van der Waals surface area contributed by atoms with E-state index in [2.05, 4.69) is 0 Å².